The number of carbonyl (C=O) groups excluding carboxylic acids is 1. The first-order valence-corrected chi connectivity index (χ1v) is 7.33. The van der Waals surface area contributed by atoms with Gasteiger partial charge in [0.15, 0.2) is 11.5 Å². The van der Waals surface area contributed by atoms with Gasteiger partial charge in [-0.05, 0) is 30.5 Å². The van der Waals surface area contributed by atoms with Crippen LogP contribution in [0, 0.1) is 0 Å². The van der Waals surface area contributed by atoms with Crippen molar-refractivity contribution in [2.75, 3.05) is 6.79 Å². The molecular formula is C16H22O4. The Bertz CT molecular complexity index is 456. The van der Waals surface area contributed by atoms with Crippen molar-refractivity contribution in [3.05, 3.63) is 23.8 Å². The van der Waals surface area contributed by atoms with Crippen LogP contribution in [0.15, 0.2) is 18.2 Å². The lowest BCUT2D eigenvalue weighted by Crippen LogP contribution is -2.10. The van der Waals surface area contributed by atoms with Crippen molar-refractivity contribution < 1.29 is 19.0 Å². The fourth-order valence-corrected chi connectivity index (χ4v) is 2.23. The van der Waals surface area contributed by atoms with E-state index in [1.807, 2.05) is 25.1 Å². The molecule has 1 unspecified atom stereocenters. The van der Waals surface area contributed by atoms with Gasteiger partial charge in [0.2, 0.25) is 6.79 Å². The van der Waals surface area contributed by atoms with Crippen LogP contribution in [0.25, 0.3) is 0 Å². The second kappa shape index (κ2) is 7.17. The van der Waals surface area contributed by atoms with Gasteiger partial charge in [0, 0.05) is 6.42 Å². The molecule has 0 fully saturated rings. The van der Waals surface area contributed by atoms with Gasteiger partial charge in [0.05, 0.1) is 0 Å². The van der Waals surface area contributed by atoms with E-state index < -0.39 is 0 Å². The van der Waals surface area contributed by atoms with Crippen LogP contribution in [0.2, 0.25) is 0 Å². The second-order valence-corrected chi connectivity index (χ2v) is 4.94. The first kappa shape index (κ1) is 14.7. The Balaban J connectivity index is 2.09. The zero-order valence-corrected chi connectivity index (χ0v) is 12.2. The molecule has 4 heteroatoms. The number of unbranched alkanes of at least 4 members (excludes halogenated alkanes) is 2. The lowest BCUT2D eigenvalue weighted by atomic mass is 10.0. The molecule has 2 rings (SSSR count). The summed E-state index contributed by atoms with van der Waals surface area (Å²) in [7, 11) is 0. The Morgan fingerprint density at radius 3 is 2.80 bits per heavy atom. The third-order valence-electron chi connectivity index (χ3n) is 3.40. The quantitative estimate of drug-likeness (QED) is 0.559. The van der Waals surface area contributed by atoms with Crippen molar-refractivity contribution in [1.82, 2.24) is 0 Å². The Morgan fingerprint density at radius 2 is 2.05 bits per heavy atom. The van der Waals surface area contributed by atoms with Crippen molar-refractivity contribution in [2.24, 2.45) is 0 Å². The Hall–Kier alpha value is -1.71. The van der Waals surface area contributed by atoms with Crippen LogP contribution in [0.1, 0.15) is 57.6 Å². The summed E-state index contributed by atoms with van der Waals surface area (Å²) in [4.78, 5) is 11.6. The summed E-state index contributed by atoms with van der Waals surface area (Å²) < 4.78 is 16.2. The Labute approximate surface area is 120 Å². The molecule has 110 valence electrons. The van der Waals surface area contributed by atoms with Crippen molar-refractivity contribution in [2.45, 2.75) is 52.1 Å². The number of rotatable bonds is 7. The minimum Gasteiger partial charge on any atom is -0.457 e. The molecule has 0 N–H and O–H groups in total. The lowest BCUT2D eigenvalue weighted by molar-refractivity contribution is -0.149. The van der Waals surface area contributed by atoms with E-state index in [1.165, 1.54) is 0 Å². The van der Waals surface area contributed by atoms with Gasteiger partial charge in [-0.25, -0.2) is 0 Å². The monoisotopic (exact) mass is 278 g/mol. The maximum atomic E-state index is 11.6. The smallest absolute Gasteiger partial charge is 0.306 e. The maximum absolute atomic E-state index is 11.6. The normalized spacial score (nSPS) is 14.1. The summed E-state index contributed by atoms with van der Waals surface area (Å²) in [6.07, 6.45) is 4.39. The standard InChI is InChI=1S/C16H22O4/c1-3-5-6-7-13(20-16(17)4-2)12-8-9-14-15(10-12)19-11-18-14/h8-10,13H,3-7,11H2,1-2H3. The van der Waals surface area contributed by atoms with Crippen molar-refractivity contribution in [1.29, 1.82) is 0 Å². The van der Waals surface area contributed by atoms with Crippen LogP contribution in [-0.4, -0.2) is 12.8 Å². The first-order chi connectivity index (χ1) is 9.74. The van der Waals surface area contributed by atoms with E-state index in [0.717, 1.165) is 42.7 Å². The summed E-state index contributed by atoms with van der Waals surface area (Å²) in [6, 6.07) is 5.75. The van der Waals surface area contributed by atoms with Crippen molar-refractivity contribution in [3.63, 3.8) is 0 Å². The van der Waals surface area contributed by atoms with Gasteiger partial charge in [-0.1, -0.05) is 32.8 Å². The highest BCUT2D eigenvalue weighted by atomic mass is 16.7. The van der Waals surface area contributed by atoms with Gasteiger partial charge in [0.1, 0.15) is 6.10 Å². The third-order valence-corrected chi connectivity index (χ3v) is 3.40. The summed E-state index contributed by atoms with van der Waals surface area (Å²) >= 11 is 0. The Kier molecular flexibility index (Phi) is 5.27. The molecule has 1 aromatic rings. The highest BCUT2D eigenvalue weighted by Crippen LogP contribution is 2.36. The molecular weight excluding hydrogens is 256 g/mol. The number of hydrogen-bond donors (Lipinski definition) is 0. The van der Waals surface area contributed by atoms with E-state index in [9.17, 15) is 4.79 Å². The van der Waals surface area contributed by atoms with Crippen LogP contribution >= 0.6 is 0 Å². The van der Waals surface area contributed by atoms with Gasteiger partial charge >= 0.3 is 5.97 Å². The van der Waals surface area contributed by atoms with E-state index in [2.05, 4.69) is 6.92 Å². The highest BCUT2D eigenvalue weighted by Gasteiger charge is 2.20. The molecule has 0 aliphatic carbocycles. The molecule has 0 aromatic heterocycles. The van der Waals surface area contributed by atoms with Crippen molar-refractivity contribution >= 4 is 5.97 Å². The molecule has 1 heterocycles. The number of benzene rings is 1. The highest BCUT2D eigenvalue weighted by molar-refractivity contribution is 5.69. The predicted octanol–water partition coefficient (Wildman–Crippen LogP) is 3.99. The van der Waals surface area contributed by atoms with Crippen molar-refractivity contribution in [3.8, 4) is 11.5 Å². The van der Waals surface area contributed by atoms with Gasteiger partial charge < -0.3 is 14.2 Å². The fraction of sp³-hybridized carbons (Fsp3) is 0.562. The summed E-state index contributed by atoms with van der Waals surface area (Å²) in [5.74, 6) is 1.32. The minimum atomic E-state index is -0.191. The largest absolute Gasteiger partial charge is 0.457 e. The molecule has 0 spiro atoms. The molecule has 0 saturated carbocycles. The summed E-state index contributed by atoms with van der Waals surface area (Å²) in [6.45, 7) is 4.23. The van der Waals surface area contributed by atoms with Gasteiger partial charge in [-0.2, -0.15) is 0 Å². The SMILES string of the molecule is CCCCCC(OC(=O)CC)c1ccc2c(c1)OCO2. The fourth-order valence-electron chi connectivity index (χ4n) is 2.23. The molecule has 1 atom stereocenters. The number of carbonyl (C=O) groups is 1. The minimum absolute atomic E-state index is 0.163. The topological polar surface area (TPSA) is 44.8 Å². The molecule has 0 bridgehead atoms. The molecule has 1 aliphatic heterocycles. The number of fused-ring (bicyclic) bond motifs is 1. The van der Waals surface area contributed by atoms with Crippen LogP contribution in [0.4, 0.5) is 0 Å². The van der Waals surface area contributed by atoms with Crippen LogP contribution < -0.4 is 9.47 Å². The Morgan fingerprint density at radius 1 is 1.25 bits per heavy atom. The lowest BCUT2D eigenvalue weighted by Gasteiger charge is -2.18. The zero-order chi connectivity index (χ0) is 14.4. The molecule has 0 amide bonds. The van der Waals surface area contributed by atoms with E-state index in [-0.39, 0.29) is 18.9 Å². The average Bonchev–Trinajstić information content (AvgIpc) is 2.93. The molecule has 4 nitrogen and oxygen atoms in total. The number of hydrogen-bond acceptors (Lipinski definition) is 4. The number of ether oxygens (including phenoxy) is 3. The first-order valence-electron chi connectivity index (χ1n) is 7.33. The summed E-state index contributed by atoms with van der Waals surface area (Å²) in [5, 5.41) is 0. The molecule has 1 aliphatic rings. The molecule has 20 heavy (non-hydrogen) atoms. The average molecular weight is 278 g/mol. The summed E-state index contributed by atoms with van der Waals surface area (Å²) in [5.41, 5.74) is 0.979. The van der Waals surface area contributed by atoms with Crippen LogP contribution in [-0.2, 0) is 9.53 Å². The van der Waals surface area contributed by atoms with E-state index in [4.69, 9.17) is 14.2 Å². The van der Waals surface area contributed by atoms with E-state index >= 15 is 0 Å². The third kappa shape index (κ3) is 3.65. The maximum Gasteiger partial charge on any atom is 0.306 e. The van der Waals surface area contributed by atoms with Crippen LogP contribution in [0.5, 0.6) is 11.5 Å². The van der Waals surface area contributed by atoms with Gasteiger partial charge in [-0.15, -0.1) is 0 Å². The molecule has 1 aromatic carbocycles. The molecule has 0 saturated heterocycles. The number of esters is 1. The molecule has 0 radical (unpaired) electrons. The van der Waals surface area contributed by atoms with Gasteiger partial charge in [-0.3, -0.25) is 4.79 Å². The second-order valence-electron chi connectivity index (χ2n) is 4.94. The predicted molar refractivity (Wildman–Crippen MR) is 75.8 cm³/mol. The van der Waals surface area contributed by atoms with E-state index in [0.29, 0.717) is 6.42 Å². The van der Waals surface area contributed by atoms with E-state index in [1.54, 1.807) is 0 Å². The zero-order valence-electron chi connectivity index (χ0n) is 12.2. The van der Waals surface area contributed by atoms with Crippen LogP contribution in [0.3, 0.4) is 0 Å². The van der Waals surface area contributed by atoms with Gasteiger partial charge in [0.25, 0.3) is 0 Å².